The molecule has 0 aromatic heterocycles. The summed E-state index contributed by atoms with van der Waals surface area (Å²) in [4.78, 5) is -1.07. The number of hydrogen-bond donors (Lipinski definition) is 3. The summed E-state index contributed by atoms with van der Waals surface area (Å²) in [6.07, 6.45) is 0. The van der Waals surface area contributed by atoms with E-state index in [-0.39, 0.29) is 45.2 Å². The van der Waals surface area contributed by atoms with E-state index in [1.54, 1.807) is 0 Å². The van der Waals surface area contributed by atoms with E-state index in [0.717, 1.165) is 24.3 Å². The van der Waals surface area contributed by atoms with Crippen molar-refractivity contribution in [3.05, 3.63) is 30.3 Å². The van der Waals surface area contributed by atoms with E-state index in [4.69, 9.17) is 9.11 Å². The number of rotatable bonds is 2. The predicted molar refractivity (Wildman–Crippen MR) is 72.4 cm³/mol. The SMILES string of the molecule is O=S(=O)(O)c1ccc2cc(S(=O)(=O)O)c(O)cc2c1.[NaH]. The number of benzene rings is 2. The van der Waals surface area contributed by atoms with Gasteiger partial charge >= 0.3 is 29.6 Å². The molecule has 0 amide bonds. The molecule has 0 atom stereocenters. The van der Waals surface area contributed by atoms with Crippen molar-refractivity contribution in [2.45, 2.75) is 9.79 Å². The van der Waals surface area contributed by atoms with Gasteiger partial charge in [0.2, 0.25) is 0 Å². The molecule has 0 aliphatic rings. The van der Waals surface area contributed by atoms with E-state index in [9.17, 15) is 21.9 Å². The quantitative estimate of drug-likeness (QED) is 0.537. The molecule has 0 radical (unpaired) electrons. The van der Waals surface area contributed by atoms with Gasteiger partial charge in [0.1, 0.15) is 10.6 Å². The molecule has 0 saturated carbocycles. The molecule has 20 heavy (non-hydrogen) atoms. The van der Waals surface area contributed by atoms with E-state index in [2.05, 4.69) is 0 Å². The van der Waals surface area contributed by atoms with Crippen molar-refractivity contribution in [2.24, 2.45) is 0 Å². The average molecular weight is 328 g/mol. The Hall–Kier alpha value is -0.680. The second-order valence-corrected chi connectivity index (χ2v) is 6.59. The Morgan fingerprint density at radius 1 is 0.800 bits per heavy atom. The zero-order valence-corrected chi connectivity index (χ0v) is 10.8. The van der Waals surface area contributed by atoms with E-state index >= 15 is 0 Å². The summed E-state index contributed by atoms with van der Waals surface area (Å²) in [5, 5.41) is 9.96. The fourth-order valence-corrected chi connectivity index (χ4v) is 2.72. The van der Waals surface area contributed by atoms with Crippen LogP contribution in [0.1, 0.15) is 0 Å². The second-order valence-electron chi connectivity index (χ2n) is 3.78. The van der Waals surface area contributed by atoms with E-state index in [1.807, 2.05) is 0 Å². The molecular formula is C10H9NaO7S2. The van der Waals surface area contributed by atoms with Gasteiger partial charge < -0.3 is 5.11 Å². The van der Waals surface area contributed by atoms with Gasteiger partial charge in [0, 0.05) is 0 Å². The Morgan fingerprint density at radius 3 is 1.90 bits per heavy atom. The molecule has 0 aliphatic carbocycles. The normalized spacial score (nSPS) is 12.1. The molecule has 0 unspecified atom stereocenters. The van der Waals surface area contributed by atoms with Crippen LogP contribution in [0.5, 0.6) is 5.75 Å². The average Bonchev–Trinajstić information content (AvgIpc) is 2.24. The molecule has 0 aliphatic heterocycles. The topological polar surface area (TPSA) is 129 Å². The van der Waals surface area contributed by atoms with Crippen LogP contribution in [0.2, 0.25) is 0 Å². The number of phenolic OH excluding ortho intramolecular Hbond substituents is 1. The first-order valence-electron chi connectivity index (χ1n) is 4.81. The van der Waals surface area contributed by atoms with Crippen LogP contribution in [0.25, 0.3) is 10.8 Å². The summed E-state index contributed by atoms with van der Waals surface area (Å²) in [5.41, 5.74) is 0. The molecule has 0 saturated heterocycles. The summed E-state index contributed by atoms with van der Waals surface area (Å²) >= 11 is 0. The predicted octanol–water partition coefficient (Wildman–Crippen LogP) is 0.390. The van der Waals surface area contributed by atoms with E-state index < -0.39 is 30.9 Å². The number of hydrogen-bond acceptors (Lipinski definition) is 5. The molecule has 0 heterocycles. The minimum absolute atomic E-state index is 0. The molecule has 104 valence electrons. The molecule has 0 fully saturated rings. The second kappa shape index (κ2) is 5.60. The number of aromatic hydroxyl groups is 1. The summed E-state index contributed by atoms with van der Waals surface area (Å²) in [7, 11) is -8.98. The van der Waals surface area contributed by atoms with Gasteiger partial charge in [-0.25, -0.2) is 0 Å². The van der Waals surface area contributed by atoms with Crippen LogP contribution in [0.3, 0.4) is 0 Å². The molecule has 3 N–H and O–H groups in total. The van der Waals surface area contributed by atoms with Crippen LogP contribution in [0.15, 0.2) is 40.1 Å². The number of phenols is 1. The third-order valence-electron chi connectivity index (χ3n) is 2.47. The maximum absolute atomic E-state index is 11.0. The molecule has 0 bridgehead atoms. The molecule has 2 rings (SSSR count). The van der Waals surface area contributed by atoms with E-state index in [1.165, 1.54) is 6.07 Å². The van der Waals surface area contributed by atoms with Gasteiger partial charge in [-0.3, -0.25) is 9.11 Å². The third-order valence-corrected chi connectivity index (χ3v) is 4.20. The minimum atomic E-state index is -4.58. The van der Waals surface area contributed by atoms with Crippen LogP contribution in [-0.4, -0.2) is 60.6 Å². The zero-order valence-electron chi connectivity index (χ0n) is 9.18. The Bertz CT molecular complexity index is 872. The first-order valence-corrected chi connectivity index (χ1v) is 7.69. The molecular weight excluding hydrogens is 319 g/mol. The van der Waals surface area contributed by atoms with Crippen molar-refractivity contribution in [2.75, 3.05) is 0 Å². The summed E-state index contributed by atoms with van der Waals surface area (Å²) in [6, 6.07) is 5.36. The van der Waals surface area contributed by atoms with Gasteiger partial charge in [0.05, 0.1) is 4.90 Å². The first-order chi connectivity index (χ1) is 8.59. The van der Waals surface area contributed by atoms with Crippen molar-refractivity contribution in [3.63, 3.8) is 0 Å². The van der Waals surface area contributed by atoms with Gasteiger partial charge in [0.25, 0.3) is 20.2 Å². The monoisotopic (exact) mass is 328 g/mol. The fraction of sp³-hybridized carbons (Fsp3) is 0. The van der Waals surface area contributed by atoms with Crippen molar-refractivity contribution >= 4 is 60.6 Å². The van der Waals surface area contributed by atoms with Gasteiger partial charge in [-0.1, -0.05) is 6.07 Å². The summed E-state index contributed by atoms with van der Waals surface area (Å²) < 4.78 is 61.6. The molecule has 2 aromatic carbocycles. The Labute approximate surface area is 137 Å². The van der Waals surface area contributed by atoms with Crippen LogP contribution in [0.4, 0.5) is 0 Å². The summed E-state index contributed by atoms with van der Waals surface area (Å²) in [6.45, 7) is 0. The Kier molecular flexibility index (Phi) is 4.87. The Balaban J connectivity index is 0.00000200. The maximum atomic E-state index is 11.0. The fourth-order valence-electron chi connectivity index (χ4n) is 1.61. The molecule has 0 spiro atoms. The summed E-state index contributed by atoms with van der Waals surface area (Å²) in [5.74, 6) is -0.720. The molecule has 2 aromatic rings. The van der Waals surface area contributed by atoms with Crippen molar-refractivity contribution in [3.8, 4) is 5.75 Å². The third kappa shape index (κ3) is 3.50. The van der Waals surface area contributed by atoms with Crippen LogP contribution >= 0.6 is 0 Å². The van der Waals surface area contributed by atoms with Crippen LogP contribution < -0.4 is 0 Å². The van der Waals surface area contributed by atoms with Gasteiger partial charge in [0.15, 0.2) is 0 Å². The Morgan fingerprint density at radius 2 is 1.40 bits per heavy atom. The van der Waals surface area contributed by atoms with Gasteiger partial charge in [-0.05, 0) is 35.0 Å². The van der Waals surface area contributed by atoms with E-state index in [0.29, 0.717) is 0 Å². The molecule has 7 nitrogen and oxygen atoms in total. The van der Waals surface area contributed by atoms with Gasteiger partial charge in [-0.15, -0.1) is 0 Å². The van der Waals surface area contributed by atoms with Crippen molar-refractivity contribution in [1.29, 1.82) is 0 Å². The van der Waals surface area contributed by atoms with Crippen molar-refractivity contribution < 1.29 is 31.0 Å². The van der Waals surface area contributed by atoms with Crippen molar-refractivity contribution in [1.82, 2.24) is 0 Å². The van der Waals surface area contributed by atoms with Gasteiger partial charge in [-0.2, -0.15) is 16.8 Å². The van der Waals surface area contributed by atoms with Crippen LogP contribution in [-0.2, 0) is 20.2 Å². The zero-order chi connectivity index (χ0) is 14.4. The standard InChI is InChI=1S/C10H8O7S2.Na.H/c11-9-4-7-3-8(18(12,13)14)2-1-6(7)5-10(9)19(15,16)17;;/h1-5,11H,(H,12,13,14)(H,15,16,17);;. The first kappa shape index (κ1) is 17.4. The molecule has 10 heteroatoms. The van der Waals surface area contributed by atoms with Crippen LogP contribution in [0, 0.1) is 0 Å². The number of fused-ring (bicyclic) bond motifs is 1.